The minimum absolute atomic E-state index is 0.127. The molecule has 112 valence electrons. The molecule has 1 saturated heterocycles. The van der Waals surface area contributed by atoms with E-state index in [-0.39, 0.29) is 6.04 Å². The van der Waals surface area contributed by atoms with Crippen LogP contribution in [0.15, 0.2) is 24.3 Å². The summed E-state index contributed by atoms with van der Waals surface area (Å²) in [6.45, 7) is 6.72. The van der Waals surface area contributed by atoms with E-state index in [4.69, 9.17) is 10.5 Å². The molecule has 1 aliphatic rings. The maximum atomic E-state index is 6.28. The van der Waals surface area contributed by atoms with Gasteiger partial charge in [-0.3, -0.25) is 4.90 Å². The van der Waals surface area contributed by atoms with Crippen molar-refractivity contribution in [1.29, 1.82) is 0 Å². The number of benzene rings is 1. The molecule has 2 N–H and O–H groups in total. The third-order valence-corrected chi connectivity index (χ3v) is 4.34. The number of methoxy groups -OCH3 is 1. The van der Waals surface area contributed by atoms with E-state index >= 15 is 0 Å². The van der Waals surface area contributed by atoms with Crippen LogP contribution in [0, 0.1) is 5.92 Å². The minimum atomic E-state index is 0.127. The fourth-order valence-electron chi connectivity index (χ4n) is 3.43. The summed E-state index contributed by atoms with van der Waals surface area (Å²) in [5.41, 5.74) is 7.55. The Balaban J connectivity index is 2.15. The number of ether oxygens (including phenoxy) is 1. The lowest BCUT2D eigenvalue weighted by Crippen LogP contribution is -2.38. The maximum absolute atomic E-state index is 6.28. The van der Waals surface area contributed by atoms with Crippen LogP contribution in [0.4, 0.5) is 0 Å². The van der Waals surface area contributed by atoms with Crippen molar-refractivity contribution >= 4 is 0 Å². The second-order valence-electron chi connectivity index (χ2n) is 6.02. The van der Waals surface area contributed by atoms with Gasteiger partial charge in [0.2, 0.25) is 0 Å². The fourth-order valence-corrected chi connectivity index (χ4v) is 3.43. The van der Waals surface area contributed by atoms with Crippen LogP contribution >= 0.6 is 0 Å². The zero-order valence-corrected chi connectivity index (χ0v) is 13.0. The predicted octanol–water partition coefficient (Wildman–Crippen LogP) is 3.21. The highest BCUT2D eigenvalue weighted by molar-refractivity contribution is 5.31. The summed E-state index contributed by atoms with van der Waals surface area (Å²) in [5, 5.41) is 0. The Morgan fingerprint density at radius 1 is 1.45 bits per heavy atom. The van der Waals surface area contributed by atoms with E-state index in [0.29, 0.717) is 6.04 Å². The average molecular weight is 276 g/mol. The zero-order chi connectivity index (χ0) is 14.5. The molecule has 3 heteroatoms. The molecule has 0 spiro atoms. The number of hydrogen-bond acceptors (Lipinski definition) is 3. The van der Waals surface area contributed by atoms with Crippen LogP contribution in [-0.4, -0.2) is 31.1 Å². The number of nitrogens with zero attached hydrogens (tertiary/aromatic N) is 1. The van der Waals surface area contributed by atoms with Crippen LogP contribution in [0.1, 0.15) is 44.7 Å². The van der Waals surface area contributed by atoms with Crippen LogP contribution in [0.25, 0.3) is 0 Å². The van der Waals surface area contributed by atoms with Gasteiger partial charge in [-0.15, -0.1) is 0 Å². The summed E-state index contributed by atoms with van der Waals surface area (Å²) in [5.74, 6) is 1.75. The number of nitrogens with two attached hydrogens (primary N) is 1. The average Bonchev–Trinajstić information content (AvgIpc) is 2.87. The van der Waals surface area contributed by atoms with Crippen molar-refractivity contribution in [2.24, 2.45) is 11.7 Å². The van der Waals surface area contributed by atoms with Gasteiger partial charge in [-0.05, 0) is 49.9 Å². The van der Waals surface area contributed by atoms with Crippen molar-refractivity contribution < 1.29 is 4.74 Å². The summed E-state index contributed by atoms with van der Waals surface area (Å²) in [6, 6.07) is 8.77. The molecule has 1 heterocycles. The Kier molecular flexibility index (Phi) is 5.44. The van der Waals surface area contributed by atoms with Crippen molar-refractivity contribution in [3.05, 3.63) is 29.8 Å². The van der Waals surface area contributed by atoms with E-state index in [2.05, 4.69) is 36.9 Å². The molecule has 20 heavy (non-hydrogen) atoms. The third-order valence-electron chi connectivity index (χ3n) is 4.34. The summed E-state index contributed by atoms with van der Waals surface area (Å²) in [6.07, 6.45) is 3.92. The van der Waals surface area contributed by atoms with Gasteiger partial charge in [0.1, 0.15) is 5.75 Å². The van der Waals surface area contributed by atoms with E-state index in [1.807, 2.05) is 6.07 Å². The molecule has 0 bridgehead atoms. The molecular formula is C17H28N2O. The molecule has 3 atom stereocenters. The van der Waals surface area contributed by atoms with Gasteiger partial charge in [0.05, 0.1) is 7.11 Å². The standard InChI is InChI=1S/C17H28N2O/c1-4-6-14-9-10-19(12-14)17(13(2)18)15-7-5-8-16(11-15)20-3/h5,7-8,11,13-14,17H,4,6,9-10,12,18H2,1-3H3. The minimum Gasteiger partial charge on any atom is -0.497 e. The zero-order valence-electron chi connectivity index (χ0n) is 13.0. The van der Waals surface area contributed by atoms with Crippen molar-refractivity contribution in [3.63, 3.8) is 0 Å². The van der Waals surface area contributed by atoms with E-state index < -0.39 is 0 Å². The normalized spacial score (nSPS) is 22.7. The van der Waals surface area contributed by atoms with Gasteiger partial charge in [0.15, 0.2) is 0 Å². The highest BCUT2D eigenvalue weighted by Crippen LogP contribution is 2.32. The number of hydrogen-bond donors (Lipinski definition) is 1. The largest absolute Gasteiger partial charge is 0.497 e. The van der Waals surface area contributed by atoms with Crippen molar-refractivity contribution in [2.75, 3.05) is 20.2 Å². The molecule has 3 nitrogen and oxygen atoms in total. The molecular weight excluding hydrogens is 248 g/mol. The first-order chi connectivity index (χ1) is 9.65. The summed E-state index contributed by atoms with van der Waals surface area (Å²) < 4.78 is 5.35. The molecule has 3 unspecified atom stereocenters. The van der Waals surface area contributed by atoms with Crippen LogP contribution < -0.4 is 10.5 Å². The molecule has 0 saturated carbocycles. The summed E-state index contributed by atoms with van der Waals surface area (Å²) >= 11 is 0. The van der Waals surface area contributed by atoms with Crippen LogP contribution in [0.2, 0.25) is 0 Å². The Labute approximate surface area is 123 Å². The molecule has 1 fully saturated rings. The molecule has 1 aromatic carbocycles. The number of likely N-dealkylation sites (tertiary alicyclic amines) is 1. The lowest BCUT2D eigenvalue weighted by atomic mass is 9.99. The lowest BCUT2D eigenvalue weighted by molar-refractivity contribution is 0.209. The molecule has 0 aromatic heterocycles. The quantitative estimate of drug-likeness (QED) is 0.867. The molecule has 0 radical (unpaired) electrons. The van der Waals surface area contributed by atoms with Crippen molar-refractivity contribution in [1.82, 2.24) is 4.90 Å². The first-order valence-corrected chi connectivity index (χ1v) is 7.79. The highest BCUT2D eigenvalue weighted by atomic mass is 16.5. The van der Waals surface area contributed by atoms with E-state index in [1.165, 1.54) is 31.4 Å². The summed E-state index contributed by atoms with van der Waals surface area (Å²) in [4.78, 5) is 2.56. The van der Waals surface area contributed by atoms with E-state index in [1.54, 1.807) is 7.11 Å². The third kappa shape index (κ3) is 3.53. The Morgan fingerprint density at radius 2 is 2.25 bits per heavy atom. The van der Waals surface area contributed by atoms with Crippen LogP contribution in [0.3, 0.4) is 0 Å². The van der Waals surface area contributed by atoms with Gasteiger partial charge in [-0.1, -0.05) is 25.5 Å². The maximum Gasteiger partial charge on any atom is 0.119 e. The molecule has 1 aliphatic heterocycles. The predicted molar refractivity (Wildman–Crippen MR) is 84.0 cm³/mol. The van der Waals surface area contributed by atoms with Crippen LogP contribution in [-0.2, 0) is 0 Å². The van der Waals surface area contributed by atoms with E-state index in [9.17, 15) is 0 Å². The van der Waals surface area contributed by atoms with Gasteiger partial charge in [-0.2, -0.15) is 0 Å². The number of rotatable bonds is 6. The lowest BCUT2D eigenvalue weighted by Gasteiger charge is -2.31. The highest BCUT2D eigenvalue weighted by Gasteiger charge is 2.30. The SMILES string of the molecule is CCCC1CCN(C(c2cccc(OC)c2)C(C)N)C1. The topological polar surface area (TPSA) is 38.5 Å². The molecule has 0 amide bonds. The Morgan fingerprint density at radius 3 is 2.90 bits per heavy atom. The second kappa shape index (κ2) is 7.09. The van der Waals surface area contributed by atoms with Gasteiger partial charge >= 0.3 is 0 Å². The van der Waals surface area contributed by atoms with Gasteiger partial charge in [0, 0.05) is 18.6 Å². The van der Waals surface area contributed by atoms with Gasteiger partial charge < -0.3 is 10.5 Å². The monoisotopic (exact) mass is 276 g/mol. The fraction of sp³-hybridized carbons (Fsp3) is 0.647. The smallest absolute Gasteiger partial charge is 0.119 e. The second-order valence-corrected chi connectivity index (χ2v) is 6.02. The first kappa shape index (κ1) is 15.3. The van der Waals surface area contributed by atoms with E-state index in [0.717, 1.165) is 18.2 Å². The molecule has 0 aliphatic carbocycles. The van der Waals surface area contributed by atoms with Gasteiger partial charge in [0.25, 0.3) is 0 Å². The molecule has 2 rings (SSSR count). The Hall–Kier alpha value is -1.06. The van der Waals surface area contributed by atoms with Crippen LogP contribution in [0.5, 0.6) is 5.75 Å². The van der Waals surface area contributed by atoms with Crippen molar-refractivity contribution in [3.8, 4) is 5.75 Å². The summed E-state index contributed by atoms with van der Waals surface area (Å²) in [7, 11) is 1.72. The molecule has 1 aromatic rings. The Bertz CT molecular complexity index is 419. The first-order valence-electron chi connectivity index (χ1n) is 7.79. The van der Waals surface area contributed by atoms with Gasteiger partial charge in [-0.25, -0.2) is 0 Å². The van der Waals surface area contributed by atoms with Crippen molar-refractivity contribution in [2.45, 2.75) is 45.2 Å².